The molecule has 1 atom stereocenters. The summed E-state index contributed by atoms with van der Waals surface area (Å²) >= 11 is 5.94. The summed E-state index contributed by atoms with van der Waals surface area (Å²) in [5.74, 6) is 0.717. The van der Waals surface area contributed by atoms with E-state index in [1.54, 1.807) is 31.2 Å². The van der Waals surface area contributed by atoms with Gasteiger partial charge in [-0.2, -0.15) is 0 Å². The van der Waals surface area contributed by atoms with Gasteiger partial charge in [0.25, 0.3) is 5.91 Å². The molecule has 0 aliphatic rings. The number of aliphatic hydroxyl groups is 1. The molecule has 0 bridgehead atoms. The number of aliphatic hydroxyl groups excluding tert-OH is 1. The van der Waals surface area contributed by atoms with E-state index in [0.29, 0.717) is 27.9 Å². The van der Waals surface area contributed by atoms with Crippen molar-refractivity contribution < 1.29 is 19.2 Å². The van der Waals surface area contributed by atoms with E-state index in [9.17, 15) is 4.79 Å². The van der Waals surface area contributed by atoms with E-state index in [-0.39, 0.29) is 25.2 Å². The number of benzene rings is 1. The third-order valence-electron chi connectivity index (χ3n) is 4.12. The zero-order chi connectivity index (χ0) is 20.1. The van der Waals surface area contributed by atoms with Crippen molar-refractivity contribution in [1.82, 2.24) is 15.5 Å². The summed E-state index contributed by atoms with van der Waals surface area (Å²) in [5.41, 5.74) is 2.75. The van der Waals surface area contributed by atoms with Crippen molar-refractivity contribution in [3.8, 4) is 17.1 Å². The number of carbonyl (C=O) groups excluding carboxylic acids is 1. The minimum atomic E-state index is -0.328. The topological polar surface area (TPSA) is 97.5 Å². The van der Waals surface area contributed by atoms with Gasteiger partial charge in [-0.1, -0.05) is 28.9 Å². The van der Waals surface area contributed by atoms with Crippen LogP contribution in [-0.2, 0) is 6.61 Å². The molecule has 0 aliphatic heterocycles. The SMILES string of the molecule is Cc1onc(-c2ccc(Cl)cc2)c1COc1ccc(C(=O)N[C@H](C)CO)cn1. The highest BCUT2D eigenvalue weighted by Gasteiger charge is 2.16. The summed E-state index contributed by atoms with van der Waals surface area (Å²) in [6, 6.07) is 10.2. The van der Waals surface area contributed by atoms with Crippen molar-refractivity contribution in [3.63, 3.8) is 0 Å². The maximum Gasteiger partial charge on any atom is 0.253 e. The number of nitrogens with zero attached hydrogens (tertiary/aromatic N) is 2. The molecule has 1 amide bonds. The number of pyridine rings is 1. The van der Waals surface area contributed by atoms with Crippen LogP contribution in [0.1, 0.15) is 28.6 Å². The number of carbonyl (C=O) groups is 1. The molecule has 0 saturated carbocycles. The largest absolute Gasteiger partial charge is 0.473 e. The van der Waals surface area contributed by atoms with Gasteiger partial charge in [-0.25, -0.2) is 4.98 Å². The second-order valence-corrected chi connectivity index (χ2v) is 6.74. The molecule has 2 heterocycles. The van der Waals surface area contributed by atoms with E-state index < -0.39 is 0 Å². The molecule has 3 rings (SSSR count). The second-order valence-electron chi connectivity index (χ2n) is 6.30. The first-order valence-electron chi connectivity index (χ1n) is 8.69. The summed E-state index contributed by atoms with van der Waals surface area (Å²) in [6.07, 6.45) is 1.43. The molecule has 0 saturated heterocycles. The first-order valence-corrected chi connectivity index (χ1v) is 9.07. The predicted octanol–water partition coefficient (Wildman–Crippen LogP) is 3.39. The molecule has 0 unspecified atom stereocenters. The Balaban J connectivity index is 1.69. The molecular weight excluding hydrogens is 382 g/mol. The average Bonchev–Trinajstić information content (AvgIpc) is 3.07. The fourth-order valence-electron chi connectivity index (χ4n) is 2.49. The van der Waals surface area contributed by atoms with E-state index in [0.717, 1.165) is 11.1 Å². The lowest BCUT2D eigenvalue weighted by Crippen LogP contribution is -2.35. The molecule has 1 aromatic carbocycles. The third kappa shape index (κ3) is 4.68. The Labute approximate surface area is 167 Å². The summed E-state index contributed by atoms with van der Waals surface area (Å²) < 4.78 is 11.1. The van der Waals surface area contributed by atoms with Crippen molar-refractivity contribution in [1.29, 1.82) is 0 Å². The highest BCUT2D eigenvalue weighted by molar-refractivity contribution is 6.30. The van der Waals surface area contributed by atoms with Crippen molar-refractivity contribution in [2.75, 3.05) is 6.61 Å². The van der Waals surface area contributed by atoms with Crippen LogP contribution in [0.15, 0.2) is 47.1 Å². The van der Waals surface area contributed by atoms with Crippen molar-refractivity contribution in [3.05, 3.63) is 64.5 Å². The first-order chi connectivity index (χ1) is 13.5. The molecule has 2 N–H and O–H groups in total. The molecule has 8 heteroatoms. The molecule has 146 valence electrons. The normalized spacial score (nSPS) is 11.9. The number of aromatic nitrogens is 2. The molecule has 0 spiro atoms. The van der Waals surface area contributed by atoms with Crippen LogP contribution in [0.3, 0.4) is 0 Å². The number of rotatable bonds is 7. The second kappa shape index (κ2) is 8.86. The van der Waals surface area contributed by atoms with E-state index in [4.69, 9.17) is 26.0 Å². The van der Waals surface area contributed by atoms with Crippen molar-refractivity contribution in [2.45, 2.75) is 26.5 Å². The Hall–Kier alpha value is -2.90. The van der Waals surface area contributed by atoms with Gasteiger partial charge in [0.2, 0.25) is 5.88 Å². The van der Waals surface area contributed by atoms with Gasteiger partial charge in [-0.05, 0) is 32.0 Å². The monoisotopic (exact) mass is 401 g/mol. The lowest BCUT2D eigenvalue weighted by Gasteiger charge is -2.11. The van der Waals surface area contributed by atoms with E-state index >= 15 is 0 Å². The number of hydrogen-bond acceptors (Lipinski definition) is 6. The van der Waals surface area contributed by atoms with Gasteiger partial charge < -0.3 is 19.7 Å². The molecule has 2 aromatic heterocycles. The van der Waals surface area contributed by atoms with Crippen LogP contribution < -0.4 is 10.1 Å². The molecular formula is C20H20ClN3O4. The molecule has 0 aliphatic carbocycles. The number of ether oxygens (including phenoxy) is 1. The van der Waals surface area contributed by atoms with Crippen LogP contribution in [0, 0.1) is 6.92 Å². The Bertz CT molecular complexity index is 939. The Morgan fingerprint density at radius 3 is 2.68 bits per heavy atom. The van der Waals surface area contributed by atoms with E-state index in [1.807, 2.05) is 19.1 Å². The van der Waals surface area contributed by atoms with Gasteiger partial charge in [0.1, 0.15) is 18.1 Å². The number of hydrogen-bond donors (Lipinski definition) is 2. The van der Waals surface area contributed by atoms with Gasteiger partial charge in [-0.3, -0.25) is 4.79 Å². The van der Waals surface area contributed by atoms with Crippen LogP contribution in [0.5, 0.6) is 5.88 Å². The molecule has 0 fully saturated rings. The smallest absolute Gasteiger partial charge is 0.253 e. The first kappa shape index (κ1) is 19.9. The number of amides is 1. The Kier molecular flexibility index (Phi) is 6.28. The van der Waals surface area contributed by atoms with Crippen LogP contribution >= 0.6 is 11.6 Å². The predicted molar refractivity (Wildman–Crippen MR) is 104 cm³/mol. The maximum atomic E-state index is 12.0. The zero-order valence-corrected chi connectivity index (χ0v) is 16.2. The average molecular weight is 402 g/mol. The van der Waals surface area contributed by atoms with Crippen molar-refractivity contribution in [2.24, 2.45) is 0 Å². The lowest BCUT2D eigenvalue weighted by atomic mass is 10.1. The van der Waals surface area contributed by atoms with E-state index in [2.05, 4.69) is 15.5 Å². The number of halogens is 1. The highest BCUT2D eigenvalue weighted by Crippen LogP contribution is 2.27. The minimum absolute atomic E-state index is 0.131. The van der Waals surface area contributed by atoms with Crippen LogP contribution in [0.25, 0.3) is 11.3 Å². The fraction of sp³-hybridized carbons (Fsp3) is 0.250. The van der Waals surface area contributed by atoms with Gasteiger partial charge in [0.15, 0.2) is 0 Å². The quantitative estimate of drug-likeness (QED) is 0.629. The summed E-state index contributed by atoms with van der Waals surface area (Å²) in [5, 5.41) is 16.4. The third-order valence-corrected chi connectivity index (χ3v) is 4.37. The summed E-state index contributed by atoms with van der Waals surface area (Å²) in [6.45, 7) is 3.61. The summed E-state index contributed by atoms with van der Waals surface area (Å²) in [4.78, 5) is 16.2. The molecule has 3 aromatic rings. The number of nitrogens with one attached hydrogen (secondary N) is 1. The Morgan fingerprint density at radius 1 is 1.29 bits per heavy atom. The van der Waals surface area contributed by atoms with Gasteiger partial charge in [0, 0.05) is 28.9 Å². The standard InChI is InChI=1S/C20H20ClN3O4/c1-12(10-25)23-20(26)15-5-8-18(22-9-15)27-11-17-13(2)28-24-19(17)14-3-6-16(21)7-4-14/h3-9,12,25H,10-11H2,1-2H3,(H,23,26)/t12-/m1/s1. The zero-order valence-electron chi connectivity index (χ0n) is 15.5. The van der Waals surface area contributed by atoms with E-state index in [1.165, 1.54) is 6.20 Å². The maximum absolute atomic E-state index is 12.0. The Morgan fingerprint density at radius 2 is 2.04 bits per heavy atom. The molecule has 28 heavy (non-hydrogen) atoms. The molecule has 0 radical (unpaired) electrons. The minimum Gasteiger partial charge on any atom is -0.473 e. The van der Waals surface area contributed by atoms with Crippen LogP contribution in [-0.4, -0.2) is 33.8 Å². The lowest BCUT2D eigenvalue weighted by molar-refractivity contribution is 0.0922. The summed E-state index contributed by atoms with van der Waals surface area (Å²) in [7, 11) is 0. The van der Waals surface area contributed by atoms with Crippen LogP contribution in [0.2, 0.25) is 5.02 Å². The van der Waals surface area contributed by atoms with Gasteiger partial charge in [0.05, 0.1) is 17.7 Å². The fourth-order valence-corrected chi connectivity index (χ4v) is 2.62. The highest BCUT2D eigenvalue weighted by atomic mass is 35.5. The van der Waals surface area contributed by atoms with Crippen molar-refractivity contribution >= 4 is 17.5 Å². The number of aryl methyl sites for hydroxylation is 1. The van der Waals surface area contributed by atoms with Gasteiger partial charge >= 0.3 is 0 Å². The van der Waals surface area contributed by atoms with Gasteiger partial charge in [-0.15, -0.1) is 0 Å². The molecule has 7 nitrogen and oxygen atoms in total. The van der Waals surface area contributed by atoms with Crippen LogP contribution in [0.4, 0.5) is 0 Å².